The lowest BCUT2D eigenvalue weighted by Crippen LogP contribution is -2.11. The van der Waals surface area contributed by atoms with Gasteiger partial charge in [-0.2, -0.15) is 0 Å². The van der Waals surface area contributed by atoms with Crippen LogP contribution in [0.15, 0.2) is 0 Å². The lowest BCUT2D eigenvalue weighted by molar-refractivity contribution is -0.376. The van der Waals surface area contributed by atoms with E-state index in [1.54, 1.807) is 0 Å². The number of hydrogen-bond donors (Lipinski definition) is 0. The third-order valence-electron chi connectivity index (χ3n) is 0.333. The Balaban J connectivity index is 2.54. The maximum Gasteiger partial charge on any atom is -0.0625 e. The molecule has 0 aromatic heterocycles. The summed E-state index contributed by atoms with van der Waals surface area (Å²) < 4.78 is 0. The first-order valence-electron chi connectivity index (χ1n) is 1.85. The molecule has 5 heavy (non-hydrogen) atoms. The quantitative estimate of drug-likeness (QED) is 0.428. The van der Waals surface area contributed by atoms with Crippen LogP contribution in [0.3, 0.4) is 0 Å². The third kappa shape index (κ3) is 3.96. The Morgan fingerprint density at radius 3 is 1.80 bits per heavy atom. The van der Waals surface area contributed by atoms with Crippen molar-refractivity contribution >= 4 is 0 Å². The van der Waals surface area contributed by atoms with Crippen LogP contribution in [-0.4, -0.2) is 6.61 Å². The van der Waals surface area contributed by atoms with Gasteiger partial charge in [0, 0.05) is 0 Å². The van der Waals surface area contributed by atoms with E-state index in [2.05, 4.69) is 0 Å². The molecule has 1 heteroatoms. The van der Waals surface area contributed by atoms with Crippen LogP contribution in [0.2, 0.25) is 0 Å². The van der Waals surface area contributed by atoms with E-state index in [4.69, 9.17) is 0 Å². The minimum atomic E-state index is 0.0556. The van der Waals surface area contributed by atoms with Gasteiger partial charge in [-0.15, -0.1) is 6.61 Å². The predicted molar refractivity (Wildman–Crippen MR) is 19.7 cm³/mol. The fourth-order valence-electron chi connectivity index (χ4n) is 0. The topological polar surface area (TPSA) is 23.1 Å². The Bertz CT molecular complexity index is 17.6. The molecule has 0 rings (SSSR count). The van der Waals surface area contributed by atoms with E-state index in [9.17, 15) is 5.11 Å². The third-order valence-corrected chi connectivity index (χ3v) is 0.333. The average molecular weight is 73.1 g/mol. The highest BCUT2D eigenvalue weighted by Gasteiger charge is 1.73. The molecule has 0 spiro atoms. The molecule has 0 aromatic rings. The SMILES string of the molecule is CC(C)C[O-]. The lowest BCUT2D eigenvalue weighted by Gasteiger charge is -2.03. The van der Waals surface area contributed by atoms with Crippen LogP contribution in [0.5, 0.6) is 0 Å². The second-order valence-electron chi connectivity index (χ2n) is 1.56. The van der Waals surface area contributed by atoms with E-state index in [0.717, 1.165) is 0 Å². The lowest BCUT2D eigenvalue weighted by atomic mass is 10.2. The Hall–Kier alpha value is -0.0400. The molecular formula is C4H9O-. The van der Waals surface area contributed by atoms with Crippen LogP contribution < -0.4 is 5.11 Å². The molecule has 0 N–H and O–H groups in total. The Morgan fingerprint density at radius 2 is 1.80 bits per heavy atom. The molecule has 0 saturated heterocycles. The van der Waals surface area contributed by atoms with E-state index < -0.39 is 0 Å². The van der Waals surface area contributed by atoms with Crippen LogP contribution in [0.25, 0.3) is 0 Å². The minimum Gasteiger partial charge on any atom is -0.854 e. The standard InChI is InChI=1S/C4H9O/c1-4(2)3-5/h4H,3H2,1-2H3/q-1. The van der Waals surface area contributed by atoms with Gasteiger partial charge < -0.3 is 5.11 Å². The Labute approximate surface area is 32.6 Å². The van der Waals surface area contributed by atoms with Crippen molar-refractivity contribution in [1.29, 1.82) is 0 Å². The second kappa shape index (κ2) is 2.21. The van der Waals surface area contributed by atoms with E-state index in [0.29, 0.717) is 5.92 Å². The highest BCUT2D eigenvalue weighted by molar-refractivity contribution is 4.30. The van der Waals surface area contributed by atoms with Crippen molar-refractivity contribution in [3.63, 3.8) is 0 Å². The molecule has 0 aliphatic carbocycles. The maximum atomic E-state index is 9.63. The fraction of sp³-hybridized carbons (Fsp3) is 1.00. The molecular weight excluding hydrogens is 64.0 g/mol. The van der Waals surface area contributed by atoms with Crippen LogP contribution in [-0.2, 0) is 0 Å². The summed E-state index contributed by atoms with van der Waals surface area (Å²) in [5, 5.41) is 9.63. The number of rotatable bonds is 1. The summed E-state index contributed by atoms with van der Waals surface area (Å²) in [5.74, 6) is 0.329. The average Bonchev–Trinajstić information content (AvgIpc) is 1.38. The van der Waals surface area contributed by atoms with Gasteiger partial charge in [-0.25, -0.2) is 0 Å². The number of hydrogen-bond acceptors (Lipinski definition) is 1. The molecule has 0 aliphatic heterocycles. The second-order valence-corrected chi connectivity index (χ2v) is 1.56. The largest absolute Gasteiger partial charge is 0.854 e. The van der Waals surface area contributed by atoms with Gasteiger partial charge in [0.15, 0.2) is 0 Å². The van der Waals surface area contributed by atoms with Crippen molar-refractivity contribution < 1.29 is 5.11 Å². The van der Waals surface area contributed by atoms with Gasteiger partial charge in [0.25, 0.3) is 0 Å². The molecule has 1 nitrogen and oxygen atoms in total. The molecule has 0 heterocycles. The van der Waals surface area contributed by atoms with E-state index >= 15 is 0 Å². The molecule has 0 fully saturated rings. The van der Waals surface area contributed by atoms with Crippen molar-refractivity contribution in [2.24, 2.45) is 5.92 Å². The zero-order valence-corrected chi connectivity index (χ0v) is 3.69. The normalized spacial score (nSPS) is 9.60. The first-order valence-corrected chi connectivity index (χ1v) is 1.85. The molecule has 0 aromatic carbocycles. The fourth-order valence-corrected chi connectivity index (χ4v) is 0. The van der Waals surface area contributed by atoms with Crippen molar-refractivity contribution in [2.75, 3.05) is 6.61 Å². The Morgan fingerprint density at radius 1 is 1.60 bits per heavy atom. The zero-order valence-electron chi connectivity index (χ0n) is 3.69. The van der Waals surface area contributed by atoms with Gasteiger partial charge in [-0.3, -0.25) is 0 Å². The van der Waals surface area contributed by atoms with Crippen molar-refractivity contribution in [2.45, 2.75) is 13.8 Å². The molecule has 0 aliphatic rings. The van der Waals surface area contributed by atoms with Gasteiger partial charge in [-0.05, 0) is 0 Å². The highest BCUT2D eigenvalue weighted by Crippen LogP contribution is 1.80. The summed E-state index contributed by atoms with van der Waals surface area (Å²) in [4.78, 5) is 0. The minimum absolute atomic E-state index is 0.0556. The van der Waals surface area contributed by atoms with Gasteiger partial charge >= 0.3 is 0 Å². The molecule has 0 saturated carbocycles. The van der Waals surface area contributed by atoms with Crippen molar-refractivity contribution in [3.05, 3.63) is 0 Å². The first kappa shape index (κ1) is 4.96. The summed E-state index contributed by atoms with van der Waals surface area (Å²) in [5.41, 5.74) is 0. The van der Waals surface area contributed by atoms with E-state index in [1.165, 1.54) is 0 Å². The monoisotopic (exact) mass is 73.1 g/mol. The van der Waals surface area contributed by atoms with Gasteiger partial charge in [0.1, 0.15) is 0 Å². The molecule has 0 unspecified atom stereocenters. The van der Waals surface area contributed by atoms with Crippen LogP contribution >= 0.6 is 0 Å². The molecule has 0 radical (unpaired) electrons. The molecule has 32 valence electrons. The van der Waals surface area contributed by atoms with Crippen LogP contribution in [0.4, 0.5) is 0 Å². The van der Waals surface area contributed by atoms with Gasteiger partial charge in [-0.1, -0.05) is 19.8 Å². The predicted octanol–water partition coefficient (Wildman–Crippen LogP) is 0.00270. The summed E-state index contributed by atoms with van der Waals surface area (Å²) >= 11 is 0. The summed E-state index contributed by atoms with van der Waals surface area (Å²) in [6, 6.07) is 0. The van der Waals surface area contributed by atoms with E-state index in [-0.39, 0.29) is 6.61 Å². The molecule has 0 bridgehead atoms. The Kier molecular flexibility index (Phi) is 2.19. The summed E-state index contributed by atoms with van der Waals surface area (Å²) in [6.07, 6.45) is 0. The maximum absolute atomic E-state index is 9.63. The van der Waals surface area contributed by atoms with Gasteiger partial charge in [0.2, 0.25) is 0 Å². The smallest absolute Gasteiger partial charge is 0.0625 e. The highest BCUT2D eigenvalue weighted by atomic mass is 16.3. The van der Waals surface area contributed by atoms with E-state index in [1.807, 2.05) is 13.8 Å². The van der Waals surface area contributed by atoms with Crippen LogP contribution in [0, 0.1) is 5.92 Å². The zero-order chi connectivity index (χ0) is 4.28. The molecule has 0 atom stereocenters. The molecule has 0 amide bonds. The van der Waals surface area contributed by atoms with Gasteiger partial charge in [0.05, 0.1) is 0 Å². The summed E-state index contributed by atoms with van der Waals surface area (Å²) in [7, 11) is 0. The first-order chi connectivity index (χ1) is 2.27. The van der Waals surface area contributed by atoms with Crippen LogP contribution in [0.1, 0.15) is 13.8 Å². The summed E-state index contributed by atoms with van der Waals surface area (Å²) in [6.45, 7) is 3.88. The van der Waals surface area contributed by atoms with Crippen molar-refractivity contribution in [1.82, 2.24) is 0 Å². The van der Waals surface area contributed by atoms with Crippen molar-refractivity contribution in [3.8, 4) is 0 Å².